The Morgan fingerprint density at radius 3 is 2.06 bits per heavy atom. The van der Waals surface area contributed by atoms with Crippen LogP contribution < -0.4 is 0 Å². The number of rotatable bonds is 2. The minimum absolute atomic E-state index is 1.02. The van der Waals surface area contributed by atoms with Crippen LogP contribution in [0, 0.1) is 5.38 Å². The molecule has 0 aliphatic carbocycles. The summed E-state index contributed by atoms with van der Waals surface area (Å²) in [5.41, 5.74) is 3.62. The van der Waals surface area contributed by atoms with E-state index in [1.54, 1.807) is 17.5 Å². The van der Waals surface area contributed by atoms with Gasteiger partial charge in [-0.25, -0.2) is 4.98 Å². The Hall–Kier alpha value is -1.93. The molecule has 3 rings (SSSR count). The molecule has 17 heavy (non-hydrogen) atoms. The van der Waals surface area contributed by atoms with Crippen LogP contribution in [0.25, 0.3) is 21.7 Å². The van der Waals surface area contributed by atoms with E-state index in [4.69, 9.17) is 0 Å². The summed E-state index contributed by atoms with van der Waals surface area (Å²) in [4.78, 5) is 4.25. The van der Waals surface area contributed by atoms with Crippen LogP contribution >= 0.6 is 11.3 Å². The van der Waals surface area contributed by atoms with E-state index < -0.39 is 0 Å². The highest BCUT2D eigenvalue weighted by molar-refractivity contribution is 7.12. The van der Waals surface area contributed by atoms with Crippen LogP contribution in [0.4, 0.5) is 0 Å². The van der Waals surface area contributed by atoms with Gasteiger partial charge in [-0.3, -0.25) is 0 Å². The lowest BCUT2D eigenvalue weighted by atomic mass is 10.0. The zero-order valence-corrected chi connectivity index (χ0v) is 9.95. The normalized spacial score (nSPS) is 10.4. The fraction of sp³-hybridized carbons (Fsp3) is 0. The zero-order chi connectivity index (χ0) is 11.5. The van der Waals surface area contributed by atoms with Gasteiger partial charge in [-0.15, -0.1) is 11.3 Å². The maximum absolute atomic E-state index is 4.25. The van der Waals surface area contributed by atoms with E-state index in [1.165, 1.54) is 11.1 Å². The van der Waals surface area contributed by atoms with Gasteiger partial charge in [-0.1, -0.05) is 54.6 Å². The van der Waals surface area contributed by atoms with Crippen molar-refractivity contribution in [2.45, 2.75) is 0 Å². The lowest BCUT2D eigenvalue weighted by Gasteiger charge is -2.02. The number of hydrogen-bond donors (Lipinski definition) is 0. The first kappa shape index (κ1) is 10.2. The van der Waals surface area contributed by atoms with Crippen molar-refractivity contribution in [3.63, 3.8) is 0 Å². The molecule has 2 aromatic carbocycles. The Morgan fingerprint density at radius 2 is 1.41 bits per heavy atom. The molecule has 3 aromatic rings. The maximum atomic E-state index is 4.25. The summed E-state index contributed by atoms with van der Waals surface area (Å²) in [5, 5.41) is 4.02. The highest BCUT2D eigenvalue weighted by Gasteiger charge is 2.01. The Kier molecular flexibility index (Phi) is 2.72. The second-order valence-corrected chi connectivity index (χ2v) is 4.55. The summed E-state index contributed by atoms with van der Waals surface area (Å²) in [6.07, 6.45) is 1.71. The van der Waals surface area contributed by atoms with E-state index in [0.717, 1.165) is 10.6 Å². The lowest BCUT2D eigenvalue weighted by molar-refractivity contribution is 1.41. The molecule has 0 amide bonds. The topological polar surface area (TPSA) is 12.9 Å². The number of benzene rings is 2. The van der Waals surface area contributed by atoms with Crippen LogP contribution in [0.2, 0.25) is 0 Å². The van der Waals surface area contributed by atoms with E-state index in [9.17, 15) is 0 Å². The van der Waals surface area contributed by atoms with Crippen molar-refractivity contribution in [1.29, 1.82) is 0 Å². The van der Waals surface area contributed by atoms with Crippen LogP contribution in [-0.2, 0) is 0 Å². The summed E-state index contributed by atoms with van der Waals surface area (Å²) < 4.78 is 0. The van der Waals surface area contributed by atoms with Crippen LogP contribution in [0.15, 0.2) is 60.8 Å². The molecule has 0 atom stereocenters. The van der Waals surface area contributed by atoms with Gasteiger partial charge in [0.1, 0.15) is 5.01 Å². The monoisotopic (exact) mass is 236 g/mol. The van der Waals surface area contributed by atoms with Crippen molar-refractivity contribution >= 4 is 11.3 Å². The molecule has 1 heterocycles. The molecule has 81 valence electrons. The Morgan fingerprint density at radius 1 is 0.765 bits per heavy atom. The number of hydrogen-bond acceptors (Lipinski definition) is 2. The van der Waals surface area contributed by atoms with Gasteiger partial charge in [-0.05, 0) is 11.1 Å². The van der Waals surface area contributed by atoms with Crippen LogP contribution in [0.5, 0.6) is 0 Å². The molecule has 0 fully saturated rings. The van der Waals surface area contributed by atoms with E-state index in [-0.39, 0.29) is 0 Å². The molecule has 0 N–H and O–H groups in total. The van der Waals surface area contributed by atoms with Crippen molar-refractivity contribution in [3.8, 4) is 21.7 Å². The Bertz CT molecular complexity index is 583. The third-order valence-corrected chi connectivity index (χ3v) is 3.39. The van der Waals surface area contributed by atoms with Gasteiger partial charge in [-0.2, -0.15) is 0 Å². The summed E-state index contributed by atoms with van der Waals surface area (Å²) in [7, 11) is 0. The molecular formula is C15H10NS. The third-order valence-electron chi connectivity index (χ3n) is 2.63. The quantitative estimate of drug-likeness (QED) is 0.647. The predicted molar refractivity (Wildman–Crippen MR) is 71.8 cm³/mol. The van der Waals surface area contributed by atoms with Gasteiger partial charge in [0, 0.05) is 11.8 Å². The molecule has 1 nitrogen and oxygen atoms in total. The number of thiazole rings is 1. The second kappa shape index (κ2) is 4.52. The molecular weight excluding hydrogens is 226 g/mol. The van der Waals surface area contributed by atoms with Crippen molar-refractivity contribution in [3.05, 3.63) is 66.2 Å². The van der Waals surface area contributed by atoms with E-state index in [2.05, 4.69) is 58.9 Å². The maximum Gasteiger partial charge on any atom is 0.123 e. The van der Waals surface area contributed by atoms with E-state index in [1.807, 2.05) is 6.07 Å². The molecule has 0 saturated carbocycles. The lowest BCUT2D eigenvalue weighted by Crippen LogP contribution is -1.78. The van der Waals surface area contributed by atoms with E-state index in [0.29, 0.717) is 0 Å². The van der Waals surface area contributed by atoms with Gasteiger partial charge in [0.15, 0.2) is 0 Å². The SMILES string of the molecule is [c]1cnc(-c2ccc(-c3ccccc3)cc2)s1. The highest BCUT2D eigenvalue weighted by Crippen LogP contribution is 2.25. The average Bonchev–Trinajstić information content (AvgIpc) is 2.94. The molecule has 1 aromatic heterocycles. The van der Waals surface area contributed by atoms with Crippen LogP contribution in [-0.4, -0.2) is 4.98 Å². The molecule has 0 saturated heterocycles. The summed E-state index contributed by atoms with van der Waals surface area (Å²) in [5.74, 6) is 0. The highest BCUT2D eigenvalue weighted by atomic mass is 32.1. The molecule has 0 bridgehead atoms. The third kappa shape index (κ3) is 2.12. The second-order valence-electron chi connectivity index (χ2n) is 3.73. The van der Waals surface area contributed by atoms with Crippen LogP contribution in [0.3, 0.4) is 0 Å². The van der Waals surface area contributed by atoms with Gasteiger partial charge < -0.3 is 0 Å². The Labute approximate surface area is 104 Å². The van der Waals surface area contributed by atoms with E-state index >= 15 is 0 Å². The zero-order valence-electron chi connectivity index (χ0n) is 9.13. The van der Waals surface area contributed by atoms with Gasteiger partial charge in [0.05, 0.1) is 5.38 Å². The minimum Gasteiger partial charge on any atom is -0.244 e. The molecule has 0 unspecified atom stereocenters. The largest absolute Gasteiger partial charge is 0.244 e. The number of aromatic nitrogens is 1. The Balaban J connectivity index is 1.96. The molecule has 0 spiro atoms. The van der Waals surface area contributed by atoms with Gasteiger partial charge >= 0.3 is 0 Å². The van der Waals surface area contributed by atoms with Gasteiger partial charge in [0.2, 0.25) is 0 Å². The van der Waals surface area contributed by atoms with Crippen molar-refractivity contribution in [2.75, 3.05) is 0 Å². The summed E-state index contributed by atoms with van der Waals surface area (Å²) >= 11 is 1.54. The van der Waals surface area contributed by atoms with Crippen molar-refractivity contribution < 1.29 is 0 Å². The molecule has 0 aliphatic rings. The van der Waals surface area contributed by atoms with Gasteiger partial charge in [0.25, 0.3) is 0 Å². The minimum atomic E-state index is 1.02. The first-order valence-electron chi connectivity index (χ1n) is 5.41. The first-order chi connectivity index (χ1) is 8.43. The summed E-state index contributed by atoms with van der Waals surface area (Å²) in [6, 6.07) is 18.8. The predicted octanol–water partition coefficient (Wildman–Crippen LogP) is 4.28. The molecule has 2 heteroatoms. The smallest absolute Gasteiger partial charge is 0.123 e. The molecule has 0 aliphatic heterocycles. The number of nitrogens with zero attached hydrogens (tertiary/aromatic N) is 1. The average molecular weight is 236 g/mol. The first-order valence-corrected chi connectivity index (χ1v) is 6.23. The fourth-order valence-corrected chi connectivity index (χ4v) is 2.34. The fourth-order valence-electron chi connectivity index (χ4n) is 1.76. The van der Waals surface area contributed by atoms with Crippen LogP contribution in [0.1, 0.15) is 0 Å². The summed E-state index contributed by atoms with van der Waals surface area (Å²) in [6.45, 7) is 0. The molecule has 1 radical (unpaired) electrons. The standard InChI is InChI=1S/C15H10NS/c1-2-4-12(5-3-1)13-6-8-14(9-7-13)15-16-10-11-17-15/h1-10H. The van der Waals surface area contributed by atoms with Crippen molar-refractivity contribution in [2.24, 2.45) is 0 Å². The van der Waals surface area contributed by atoms with Crippen molar-refractivity contribution in [1.82, 2.24) is 4.98 Å².